The Bertz CT molecular complexity index is 574. The molecule has 0 fully saturated rings. The van der Waals surface area contributed by atoms with E-state index in [0.29, 0.717) is 13.1 Å². The van der Waals surface area contributed by atoms with E-state index < -0.39 is 0 Å². The normalized spacial score (nSPS) is 12.6. The summed E-state index contributed by atoms with van der Waals surface area (Å²) in [5.74, 6) is -0.0935. The van der Waals surface area contributed by atoms with E-state index in [0.717, 1.165) is 11.9 Å². The number of hydrogen-bond acceptors (Lipinski definition) is 2. The summed E-state index contributed by atoms with van der Waals surface area (Å²) in [4.78, 5) is 15.0. The van der Waals surface area contributed by atoms with Gasteiger partial charge in [0.15, 0.2) is 0 Å². The number of amides is 1. The Morgan fingerprint density at radius 3 is 2.89 bits per heavy atom. The summed E-state index contributed by atoms with van der Waals surface area (Å²) in [5, 5.41) is 4.17. The monoisotopic (exact) mass is 259 g/mol. The Kier molecular flexibility index (Phi) is 4.22. The van der Waals surface area contributed by atoms with Gasteiger partial charge in [-0.2, -0.15) is 0 Å². The van der Waals surface area contributed by atoms with Gasteiger partial charge in [0, 0.05) is 35.6 Å². The highest BCUT2D eigenvalue weighted by Crippen LogP contribution is 2.21. The number of aryl methyl sites for hydroxylation is 1. The fraction of sp³-hybridized carbons (Fsp3) is 0.400. The first-order chi connectivity index (χ1) is 9.13. The molecular formula is C15H21N3O. The summed E-state index contributed by atoms with van der Waals surface area (Å²) in [6.45, 7) is 4.94. The van der Waals surface area contributed by atoms with E-state index in [-0.39, 0.29) is 11.8 Å². The first kappa shape index (κ1) is 13.6. The van der Waals surface area contributed by atoms with E-state index in [1.807, 2.05) is 19.1 Å². The van der Waals surface area contributed by atoms with E-state index >= 15 is 0 Å². The number of fused-ring (bicyclic) bond motifs is 1. The van der Waals surface area contributed by atoms with Gasteiger partial charge in [0.25, 0.3) is 0 Å². The van der Waals surface area contributed by atoms with Crippen molar-refractivity contribution in [3.05, 3.63) is 35.5 Å². The van der Waals surface area contributed by atoms with Crippen molar-refractivity contribution in [1.29, 1.82) is 0 Å². The lowest BCUT2D eigenvalue weighted by Crippen LogP contribution is -2.34. The maximum Gasteiger partial charge on any atom is 0.224 e. The van der Waals surface area contributed by atoms with Crippen molar-refractivity contribution in [2.24, 2.45) is 11.7 Å². The molecular weight excluding hydrogens is 238 g/mol. The third kappa shape index (κ3) is 2.96. The number of aromatic amines is 1. The van der Waals surface area contributed by atoms with Gasteiger partial charge >= 0.3 is 0 Å². The van der Waals surface area contributed by atoms with Crippen LogP contribution in [0.1, 0.15) is 18.2 Å². The first-order valence-electron chi connectivity index (χ1n) is 6.67. The summed E-state index contributed by atoms with van der Waals surface area (Å²) < 4.78 is 0. The minimum absolute atomic E-state index is 0.0278. The van der Waals surface area contributed by atoms with Crippen LogP contribution in [0.5, 0.6) is 0 Å². The van der Waals surface area contributed by atoms with E-state index in [9.17, 15) is 4.79 Å². The molecule has 2 aromatic rings. The molecule has 0 aliphatic carbocycles. The second kappa shape index (κ2) is 5.89. The summed E-state index contributed by atoms with van der Waals surface area (Å²) >= 11 is 0. The van der Waals surface area contributed by atoms with Gasteiger partial charge in [-0.25, -0.2) is 0 Å². The van der Waals surface area contributed by atoms with Crippen molar-refractivity contribution in [3.63, 3.8) is 0 Å². The lowest BCUT2D eigenvalue weighted by molar-refractivity contribution is -0.124. The third-order valence-corrected chi connectivity index (χ3v) is 3.50. The standard InChI is InChI=1S/C15H21N3O/c1-10(9-16)15(19)17-8-7-12-11(2)18-14-6-4-3-5-13(12)14/h3-6,10,18H,7-9,16H2,1-2H3,(H,17,19). The van der Waals surface area contributed by atoms with E-state index in [2.05, 4.69) is 29.4 Å². The quantitative estimate of drug-likeness (QED) is 0.765. The van der Waals surface area contributed by atoms with Crippen LogP contribution >= 0.6 is 0 Å². The van der Waals surface area contributed by atoms with Crippen LogP contribution in [0, 0.1) is 12.8 Å². The summed E-state index contributed by atoms with van der Waals surface area (Å²) in [7, 11) is 0. The molecule has 102 valence electrons. The van der Waals surface area contributed by atoms with Gasteiger partial charge in [0.05, 0.1) is 0 Å². The van der Waals surface area contributed by atoms with Crippen LogP contribution in [-0.4, -0.2) is 24.0 Å². The molecule has 4 nitrogen and oxygen atoms in total. The molecule has 0 saturated carbocycles. The lowest BCUT2D eigenvalue weighted by atomic mass is 10.1. The Morgan fingerprint density at radius 2 is 2.16 bits per heavy atom. The smallest absolute Gasteiger partial charge is 0.224 e. The van der Waals surface area contributed by atoms with Gasteiger partial charge in [-0.15, -0.1) is 0 Å². The van der Waals surface area contributed by atoms with Crippen LogP contribution in [0.15, 0.2) is 24.3 Å². The van der Waals surface area contributed by atoms with E-state index in [4.69, 9.17) is 5.73 Å². The van der Waals surface area contributed by atoms with Crippen LogP contribution in [0.4, 0.5) is 0 Å². The SMILES string of the molecule is Cc1[nH]c2ccccc2c1CCNC(=O)C(C)CN. The third-order valence-electron chi connectivity index (χ3n) is 3.50. The largest absolute Gasteiger partial charge is 0.358 e. The second-order valence-corrected chi connectivity index (χ2v) is 4.95. The van der Waals surface area contributed by atoms with E-state index in [1.54, 1.807) is 0 Å². The summed E-state index contributed by atoms with van der Waals surface area (Å²) in [6, 6.07) is 8.24. The lowest BCUT2D eigenvalue weighted by Gasteiger charge is -2.09. The molecule has 0 aliphatic rings. The molecule has 4 N–H and O–H groups in total. The van der Waals surface area contributed by atoms with Gasteiger partial charge in [-0.3, -0.25) is 4.79 Å². The molecule has 19 heavy (non-hydrogen) atoms. The van der Waals surface area contributed by atoms with Crippen LogP contribution in [0.3, 0.4) is 0 Å². The van der Waals surface area contributed by atoms with Gasteiger partial charge in [0.2, 0.25) is 5.91 Å². The molecule has 0 aliphatic heterocycles. The average Bonchev–Trinajstić information content (AvgIpc) is 2.74. The summed E-state index contributed by atoms with van der Waals surface area (Å²) in [6.07, 6.45) is 0.832. The molecule has 1 heterocycles. The Balaban J connectivity index is 2.02. The number of carbonyl (C=O) groups excluding carboxylic acids is 1. The highest BCUT2D eigenvalue weighted by atomic mass is 16.1. The zero-order chi connectivity index (χ0) is 13.8. The maximum atomic E-state index is 11.7. The second-order valence-electron chi connectivity index (χ2n) is 4.95. The number of hydrogen-bond donors (Lipinski definition) is 3. The number of nitrogens with one attached hydrogen (secondary N) is 2. The van der Waals surface area contributed by atoms with Gasteiger partial charge in [-0.1, -0.05) is 25.1 Å². The molecule has 0 saturated heterocycles. The zero-order valence-corrected chi connectivity index (χ0v) is 11.5. The van der Waals surface area contributed by atoms with Crippen molar-refractivity contribution < 1.29 is 4.79 Å². The highest BCUT2D eigenvalue weighted by molar-refractivity contribution is 5.84. The van der Waals surface area contributed by atoms with Crippen molar-refractivity contribution in [2.75, 3.05) is 13.1 Å². The minimum Gasteiger partial charge on any atom is -0.358 e. The molecule has 1 atom stereocenters. The molecule has 4 heteroatoms. The van der Waals surface area contributed by atoms with Crippen molar-refractivity contribution in [3.8, 4) is 0 Å². The molecule has 0 bridgehead atoms. The van der Waals surface area contributed by atoms with Crippen molar-refractivity contribution in [1.82, 2.24) is 10.3 Å². The van der Waals surface area contributed by atoms with E-state index in [1.165, 1.54) is 16.6 Å². The number of carbonyl (C=O) groups is 1. The van der Waals surface area contributed by atoms with Crippen LogP contribution in [0.2, 0.25) is 0 Å². The Hall–Kier alpha value is -1.81. The molecule has 1 aromatic heterocycles. The predicted molar refractivity (Wildman–Crippen MR) is 78.0 cm³/mol. The number of rotatable bonds is 5. The minimum atomic E-state index is -0.121. The predicted octanol–water partition coefficient (Wildman–Crippen LogP) is 1.73. The Morgan fingerprint density at radius 1 is 1.42 bits per heavy atom. The molecule has 1 amide bonds. The van der Waals surface area contributed by atoms with Crippen LogP contribution in [-0.2, 0) is 11.2 Å². The fourth-order valence-electron chi connectivity index (χ4n) is 2.25. The van der Waals surface area contributed by atoms with Crippen LogP contribution < -0.4 is 11.1 Å². The molecule has 2 rings (SSSR count). The Labute approximate surface area is 113 Å². The summed E-state index contributed by atoms with van der Waals surface area (Å²) in [5.41, 5.74) is 9.06. The van der Waals surface area contributed by atoms with Gasteiger partial charge in [-0.05, 0) is 25.0 Å². The van der Waals surface area contributed by atoms with Gasteiger partial charge < -0.3 is 16.0 Å². The number of nitrogens with two attached hydrogens (primary N) is 1. The zero-order valence-electron chi connectivity index (χ0n) is 11.5. The van der Waals surface area contributed by atoms with Crippen molar-refractivity contribution in [2.45, 2.75) is 20.3 Å². The molecule has 0 spiro atoms. The molecule has 1 aromatic carbocycles. The average molecular weight is 259 g/mol. The molecule has 1 unspecified atom stereocenters. The topological polar surface area (TPSA) is 70.9 Å². The maximum absolute atomic E-state index is 11.7. The van der Waals surface area contributed by atoms with Crippen molar-refractivity contribution >= 4 is 16.8 Å². The highest BCUT2D eigenvalue weighted by Gasteiger charge is 2.11. The fourth-order valence-corrected chi connectivity index (χ4v) is 2.25. The van der Waals surface area contributed by atoms with Gasteiger partial charge in [0.1, 0.15) is 0 Å². The molecule has 0 radical (unpaired) electrons. The number of aromatic nitrogens is 1. The number of benzene rings is 1. The van der Waals surface area contributed by atoms with Crippen LogP contribution in [0.25, 0.3) is 10.9 Å². The first-order valence-corrected chi connectivity index (χ1v) is 6.67. The number of H-pyrrole nitrogens is 1. The number of para-hydroxylation sites is 1.